The number of aryl methyl sites for hydroxylation is 2. The number of β-amino-alcohol motifs (C(OH)–C–C–N with tert-alkyl or cyclic N) is 1. The van der Waals surface area contributed by atoms with Crippen molar-refractivity contribution < 1.29 is 24.2 Å². The maximum Gasteiger partial charge on any atom is 0.310 e. The van der Waals surface area contributed by atoms with Crippen molar-refractivity contribution in [3.63, 3.8) is 0 Å². The summed E-state index contributed by atoms with van der Waals surface area (Å²) < 4.78 is 4.87. The standard InChI is InChI=1S/C28H36N2O5S/c1-5-7-8-17-35-27(34)21-20-12-13-28(36-20)22(21)25(32)30(15-16-31)24(28)26(33)29(14-6-2)23-18(3)10-9-11-19(23)4/h5-6,9-11,20-22,24,31H,1-2,7-8,12-17H2,3-4H3/t20-,21+,22+,24?,28?/m1/s1. The topological polar surface area (TPSA) is 87.1 Å². The number of esters is 1. The molecule has 8 heteroatoms. The lowest BCUT2D eigenvalue weighted by Gasteiger charge is -2.37. The van der Waals surface area contributed by atoms with Crippen LogP contribution in [0.4, 0.5) is 5.69 Å². The van der Waals surface area contributed by atoms with Crippen LogP contribution in [0.5, 0.6) is 0 Å². The number of hydrogen-bond acceptors (Lipinski definition) is 6. The first-order valence-electron chi connectivity index (χ1n) is 12.7. The number of carbonyl (C=O) groups excluding carboxylic acids is 3. The molecular formula is C28H36N2O5S. The van der Waals surface area contributed by atoms with E-state index in [9.17, 15) is 19.5 Å². The number of likely N-dealkylation sites (tertiary alicyclic amines) is 1. The summed E-state index contributed by atoms with van der Waals surface area (Å²) in [6, 6.07) is 5.12. The van der Waals surface area contributed by atoms with Gasteiger partial charge in [-0.05, 0) is 50.7 Å². The van der Waals surface area contributed by atoms with Crippen LogP contribution in [0.25, 0.3) is 0 Å². The predicted molar refractivity (Wildman–Crippen MR) is 142 cm³/mol. The number of rotatable bonds is 11. The zero-order chi connectivity index (χ0) is 26.0. The Labute approximate surface area is 217 Å². The number of para-hydroxylation sites is 1. The average Bonchev–Trinajstić information content (AvgIpc) is 3.49. The number of nitrogens with zero attached hydrogens (tertiary/aromatic N) is 2. The van der Waals surface area contributed by atoms with Gasteiger partial charge in [-0.25, -0.2) is 0 Å². The van der Waals surface area contributed by atoms with Crippen molar-refractivity contribution in [2.24, 2.45) is 11.8 Å². The SMILES string of the molecule is C=CCCCOC(=O)[C@@H]1[C@H]2C(=O)N(CCO)C(C(=O)N(CC=C)c3c(C)cccc3C)C23CC[C@H]1S3. The summed E-state index contributed by atoms with van der Waals surface area (Å²) in [5.74, 6) is -1.98. The Morgan fingerprint density at radius 3 is 2.64 bits per heavy atom. The Morgan fingerprint density at radius 2 is 2.00 bits per heavy atom. The fourth-order valence-corrected chi connectivity index (χ4v) is 8.55. The van der Waals surface area contributed by atoms with E-state index in [4.69, 9.17) is 4.74 Å². The van der Waals surface area contributed by atoms with Crippen LogP contribution in [0.1, 0.15) is 36.8 Å². The highest BCUT2D eigenvalue weighted by molar-refractivity contribution is 8.02. The number of carbonyl (C=O) groups is 3. The summed E-state index contributed by atoms with van der Waals surface area (Å²) in [4.78, 5) is 44.6. The molecule has 4 rings (SSSR count). The molecule has 0 saturated carbocycles. The number of aliphatic hydroxyl groups is 1. The van der Waals surface area contributed by atoms with E-state index in [0.29, 0.717) is 19.4 Å². The number of anilines is 1. The van der Waals surface area contributed by atoms with Crippen molar-refractivity contribution in [3.8, 4) is 0 Å². The van der Waals surface area contributed by atoms with E-state index in [-0.39, 0.29) is 42.8 Å². The van der Waals surface area contributed by atoms with E-state index in [1.54, 1.807) is 28.8 Å². The van der Waals surface area contributed by atoms with Gasteiger partial charge in [-0.1, -0.05) is 30.4 Å². The fourth-order valence-electron chi connectivity index (χ4n) is 6.34. The van der Waals surface area contributed by atoms with Crippen molar-refractivity contribution in [2.75, 3.05) is 31.2 Å². The van der Waals surface area contributed by atoms with E-state index >= 15 is 0 Å². The number of fused-ring (bicyclic) bond motifs is 1. The Kier molecular flexibility index (Phi) is 7.95. The molecular weight excluding hydrogens is 476 g/mol. The molecule has 2 bridgehead atoms. The third-order valence-corrected chi connectivity index (χ3v) is 9.68. The molecule has 1 spiro atoms. The molecule has 1 aromatic carbocycles. The zero-order valence-corrected chi connectivity index (χ0v) is 22.0. The average molecular weight is 513 g/mol. The molecule has 3 saturated heterocycles. The van der Waals surface area contributed by atoms with E-state index < -0.39 is 22.6 Å². The second kappa shape index (κ2) is 10.8. The number of amides is 2. The van der Waals surface area contributed by atoms with Gasteiger partial charge in [0.2, 0.25) is 5.91 Å². The Morgan fingerprint density at radius 1 is 1.28 bits per heavy atom. The fraction of sp³-hybridized carbons (Fsp3) is 0.536. The minimum Gasteiger partial charge on any atom is -0.465 e. The summed E-state index contributed by atoms with van der Waals surface area (Å²) in [6.45, 7) is 11.9. The van der Waals surface area contributed by atoms with Gasteiger partial charge in [-0.3, -0.25) is 14.4 Å². The van der Waals surface area contributed by atoms with Crippen molar-refractivity contribution in [3.05, 3.63) is 54.6 Å². The molecule has 3 fully saturated rings. The van der Waals surface area contributed by atoms with Crippen LogP contribution in [-0.4, -0.2) is 70.1 Å². The van der Waals surface area contributed by atoms with Gasteiger partial charge in [0.25, 0.3) is 5.91 Å². The van der Waals surface area contributed by atoms with E-state index in [1.807, 2.05) is 32.0 Å². The molecule has 36 heavy (non-hydrogen) atoms. The summed E-state index contributed by atoms with van der Waals surface area (Å²) in [6.07, 6.45) is 6.34. The molecule has 1 N–H and O–H groups in total. The molecule has 0 aliphatic carbocycles. The minimum absolute atomic E-state index is 0.0501. The van der Waals surface area contributed by atoms with Crippen molar-refractivity contribution >= 4 is 35.2 Å². The Balaban J connectivity index is 1.71. The first kappa shape index (κ1) is 26.5. The van der Waals surface area contributed by atoms with E-state index in [1.165, 1.54) is 4.90 Å². The first-order chi connectivity index (χ1) is 17.3. The number of benzene rings is 1. The molecule has 0 radical (unpaired) electrons. The summed E-state index contributed by atoms with van der Waals surface area (Å²) in [5.41, 5.74) is 2.73. The van der Waals surface area contributed by atoms with Crippen LogP contribution in [0.2, 0.25) is 0 Å². The van der Waals surface area contributed by atoms with Gasteiger partial charge in [0.15, 0.2) is 0 Å². The van der Waals surface area contributed by atoms with Crippen molar-refractivity contribution in [2.45, 2.75) is 55.6 Å². The highest BCUT2D eigenvalue weighted by Crippen LogP contribution is 2.66. The van der Waals surface area contributed by atoms with Gasteiger partial charge in [-0.15, -0.1) is 24.9 Å². The number of unbranched alkanes of at least 4 members (excludes halogenated alkanes) is 1. The second-order valence-electron chi connectivity index (χ2n) is 9.89. The minimum atomic E-state index is -0.769. The van der Waals surface area contributed by atoms with Gasteiger partial charge in [0.1, 0.15) is 6.04 Å². The van der Waals surface area contributed by atoms with Gasteiger partial charge < -0.3 is 19.6 Å². The van der Waals surface area contributed by atoms with Gasteiger partial charge >= 0.3 is 5.97 Å². The molecule has 2 unspecified atom stereocenters. The van der Waals surface area contributed by atoms with Crippen molar-refractivity contribution in [1.29, 1.82) is 0 Å². The van der Waals surface area contributed by atoms with Crippen LogP contribution >= 0.6 is 11.8 Å². The maximum atomic E-state index is 14.4. The normalized spacial score (nSPS) is 28.2. The highest BCUT2D eigenvalue weighted by atomic mass is 32.2. The van der Waals surface area contributed by atoms with Gasteiger partial charge in [-0.2, -0.15) is 0 Å². The molecule has 2 amide bonds. The lowest BCUT2D eigenvalue weighted by Crippen LogP contribution is -2.55. The quantitative estimate of drug-likeness (QED) is 0.278. The third-order valence-electron chi connectivity index (χ3n) is 7.73. The van der Waals surface area contributed by atoms with Gasteiger partial charge in [0, 0.05) is 24.0 Å². The summed E-state index contributed by atoms with van der Waals surface area (Å²) in [7, 11) is 0. The van der Waals surface area contributed by atoms with Crippen molar-refractivity contribution in [1.82, 2.24) is 4.90 Å². The number of ether oxygens (including phenoxy) is 1. The molecule has 3 aliphatic heterocycles. The van der Waals surface area contributed by atoms with E-state index in [0.717, 1.165) is 29.7 Å². The van der Waals surface area contributed by atoms with Crippen LogP contribution < -0.4 is 4.90 Å². The molecule has 3 heterocycles. The van der Waals surface area contributed by atoms with Crippen LogP contribution in [0, 0.1) is 25.7 Å². The van der Waals surface area contributed by atoms with Crippen LogP contribution in [-0.2, 0) is 19.1 Å². The molecule has 194 valence electrons. The zero-order valence-electron chi connectivity index (χ0n) is 21.2. The Hall–Kier alpha value is -2.58. The van der Waals surface area contributed by atoms with E-state index in [2.05, 4.69) is 13.2 Å². The Bertz CT molecular complexity index is 1040. The number of allylic oxidation sites excluding steroid dienone is 1. The lowest BCUT2D eigenvalue weighted by molar-refractivity contribution is -0.154. The predicted octanol–water partition coefficient (Wildman–Crippen LogP) is 3.42. The lowest BCUT2D eigenvalue weighted by atomic mass is 9.71. The van der Waals surface area contributed by atoms with Crippen LogP contribution in [0.3, 0.4) is 0 Å². The first-order valence-corrected chi connectivity index (χ1v) is 13.6. The monoisotopic (exact) mass is 512 g/mol. The third kappa shape index (κ3) is 4.28. The largest absolute Gasteiger partial charge is 0.465 e. The molecule has 3 aliphatic rings. The molecule has 1 aromatic rings. The smallest absolute Gasteiger partial charge is 0.310 e. The van der Waals surface area contributed by atoms with Gasteiger partial charge in [0.05, 0.1) is 29.8 Å². The maximum absolute atomic E-state index is 14.4. The molecule has 0 aromatic heterocycles. The highest BCUT2D eigenvalue weighted by Gasteiger charge is 2.74. The number of thioether (sulfide) groups is 1. The van der Waals surface area contributed by atoms with Crippen LogP contribution in [0.15, 0.2) is 43.5 Å². The summed E-state index contributed by atoms with van der Waals surface area (Å²) in [5, 5.41) is 9.77. The number of aliphatic hydroxyl groups excluding tert-OH is 1. The molecule has 5 atom stereocenters. The molecule has 7 nitrogen and oxygen atoms in total. The second-order valence-corrected chi connectivity index (χ2v) is 11.5. The number of hydrogen-bond donors (Lipinski definition) is 1. The summed E-state index contributed by atoms with van der Waals surface area (Å²) >= 11 is 1.60.